The van der Waals surface area contributed by atoms with Crippen molar-refractivity contribution in [1.82, 2.24) is 4.98 Å². The second-order valence-electron chi connectivity index (χ2n) is 8.62. The Kier molecular flexibility index (Phi) is 7.45. The van der Waals surface area contributed by atoms with E-state index in [1.807, 2.05) is 45.0 Å². The molecule has 1 saturated heterocycles. The normalized spacial score (nSPS) is 16.8. The van der Waals surface area contributed by atoms with Crippen molar-refractivity contribution >= 4 is 39.9 Å². The molecule has 1 aromatic heterocycles. The monoisotopic (exact) mass is 520 g/mol. The summed E-state index contributed by atoms with van der Waals surface area (Å²) in [7, 11) is 0. The van der Waals surface area contributed by atoms with Crippen molar-refractivity contribution in [3.8, 4) is 5.75 Å². The molecule has 8 nitrogen and oxygen atoms in total. The van der Waals surface area contributed by atoms with Crippen LogP contribution in [0.2, 0.25) is 0 Å². The van der Waals surface area contributed by atoms with Gasteiger partial charge in [-0.2, -0.15) is 0 Å². The number of Topliss-reactive ketones (excluding diaryl/α,β-unsaturated/α-hetero) is 1. The van der Waals surface area contributed by atoms with Crippen molar-refractivity contribution in [1.29, 1.82) is 0 Å². The van der Waals surface area contributed by atoms with Crippen LogP contribution in [0, 0.1) is 20.8 Å². The summed E-state index contributed by atoms with van der Waals surface area (Å²) in [6, 6.07) is 11.5. The fraction of sp³-hybridized carbons (Fsp3) is 0.286. The van der Waals surface area contributed by atoms with E-state index in [0.717, 1.165) is 22.5 Å². The quantitative estimate of drug-likeness (QED) is 0.196. The summed E-state index contributed by atoms with van der Waals surface area (Å²) >= 11 is 0.978. The van der Waals surface area contributed by atoms with Gasteiger partial charge in [0, 0.05) is 5.56 Å². The second-order valence-corrected chi connectivity index (χ2v) is 9.60. The molecule has 37 heavy (non-hydrogen) atoms. The summed E-state index contributed by atoms with van der Waals surface area (Å²) in [6.45, 7) is 9.68. The van der Waals surface area contributed by atoms with E-state index < -0.39 is 23.7 Å². The van der Waals surface area contributed by atoms with Gasteiger partial charge in [0.15, 0.2) is 5.13 Å². The highest BCUT2D eigenvalue weighted by molar-refractivity contribution is 7.17. The number of benzene rings is 2. The third-order valence-corrected chi connectivity index (χ3v) is 7.17. The standard InChI is InChI=1S/C28H28N2O6S/c1-6-35-20-13-12-19(14-16(20)4)23(31)21-22(18-10-8-15(3)9-11-18)30(26(33)24(21)32)28-29-17(5)25(37-28)27(34)36-7-2/h8-14,22,31H,6-7H2,1-5H3/t22-/m1/s1. The summed E-state index contributed by atoms with van der Waals surface area (Å²) < 4.78 is 10.7. The lowest BCUT2D eigenvalue weighted by molar-refractivity contribution is -0.132. The molecule has 3 aromatic rings. The highest BCUT2D eigenvalue weighted by Gasteiger charge is 2.48. The van der Waals surface area contributed by atoms with Gasteiger partial charge in [-0.3, -0.25) is 14.5 Å². The van der Waals surface area contributed by atoms with Crippen molar-refractivity contribution in [2.45, 2.75) is 40.7 Å². The minimum Gasteiger partial charge on any atom is -0.507 e. The molecule has 2 heterocycles. The molecule has 0 aliphatic carbocycles. The number of aryl methyl sites for hydroxylation is 3. The van der Waals surface area contributed by atoms with Crippen LogP contribution in [-0.2, 0) is 14.3 Å². The van der Waals surface area contributed by atoms with Gasteiger partial charge in [0.05, 0.1) is 30.5 Å². The lowest BCUT2D eigenvalue weighted by Gasteiger charge is -2.23. The number of aromatic nitrogens is 1. The average Bonchev–Trinajstić information content (AvgIpc) is 3.37. The number of hydrogen-bond acceptors (Lipinski definition) is 8. The lowest BCUT2D eigenvalue weighted by Crippen LogP contribution is -2.29. The van der Waals surface area contributed by atoms with E-state index in [0.29, 0.717) is 29.2 Å². The summed E-state index contributed by atoms with van der Waals surface area (Å²) in [5.74, 6) is -1.84. The van der Waals surface area contributed by atoms with Crippen LogP contribution in [0.25, 0.3) is 5.76 Å². The maximum Gasteiger partial charge on any atom is 0.350 e. The maximum atomic E-state index is 13.4. The average molecular weight is 521 g/mol. The van der Waals surface area contributed by atoms with Gasteiger partial charge in [-0.05, 0) is 63.9 Å². The van der Waals surface area contributed by atoms with E-state index in [9.17, 15) is 19.5 Å². The largest absolute Gasteiger partial charge is 0.507 e. The number of carbonyl (C=O) groups is 3. The first kappa shape index (κ1) is 26.1. The number of aliphatic hydroxyl groups excluding tert-OH is 1. The minimum absolute atomic E-state index is 0.0528. The van der Waals surface area contributed by atoms with Gasteiger partial charge in [-0.1, -0.05) is 41.2 Å². The number of anilines is 1. The minimum atomic E-state index is -0.937. The van der Waals surface area contributed by atoms with Crippen LogP contribution in [-0.4, -0.2) is 41.0 Å². The Balaban J connectivity index is 1.89. The zero-order chi connectivity index (χ0) is 26.9. The number of hydrogen-bond donors (Lipinski definition) is 1. The zero-order valence-electron chi connectivity index (χ0n) is 21.3. The van der Waals surface area contributed by atoms with Crippen molar-refractivity contribution < 1.29 is 29.0 Å². The predicted octanol–water partition coefficient (Wildman–Crippen LogP) is 5.27. The molecule has 1 aliphatic heterocycles. The topological polar surface area (TPSA) is 106 Å². The Bertz CT molecular complexity index is 1410. The van der Waals surface area contributed by atoms with E-state index in [1.54, 1.807) is 32.0 Å². The van der Waals surface area contributed by atoms with Gasteiger partial charge in [0.1, 0.15) is 16.4 Å². The molecule has 1 amide bonds. The van der Waals surface area contributed by atoms with Gasteiger partial charge < -0.3 is 14.6 Å². The summed E-state index contributed by atoms with van der Waals surface area (Å²) in [5, 5.41) is 11.5. The molecule has 0 bridgehead atoms. The van der Waals surface area contributed by atoms with Crippen LogP contribution >= 0.6 is 11.3 Å². The molecule has 2 aromatic carbocycles. The smallest absolute Gasteiger partial charge is 0.350 e. The molecule has 9 heteroatoms. The van der Waals surface area contributed by atoms with Gasteiger partial charge >= 0.3 is 11.9 Å². The number of ether oxygens (including phenoxy) is 2. The number of rotatable bonds is 7. The molecule has 1 fully saturated rings. The van der Waals surface area contributed by atoms with Crippen molar-refractivity contribution in [3.63, 3.8) is 0 Å². The molecule has 192 valence electrons. The summed E-state index contributed by atoms with van der Waals surface area (Å²) in [6.07, 6.45) is 0. The Hall–Kier alpha value is -3.98. The fourth-order valence-electron chi connectivity index (χ4n) is 4.23. The van der Waals surface area contributed by atoms with Crippen LogP contribution < -0.4 is 9.64 Å². The van der Waals surface area contributed by atoms with Gasteiger partial charge in [0.2, 0.25) is 0 Å². The molecule has 0 radical (unpaired) electrons. The van der Waals surface area contributed by atoms with E-state index in [1.165, 1.54) is 4.90 Å². The van der Waals surface area contributed by atoms with Crippen LogP contribution in [0.3, 0.4) is 0 Å². The SMILES string of the molecule is CCOC(=O)c1sc(N2C(=O)C(=O)C(=C(O)c3ccc(OCC)c(C)c3)[C@H]2c2ccc(C)cc2)nc1C. The van der Waals surface area contributed by atoms with E-state index >= 15 is 0 Å². The Morgan fingerprint density at radius 2 is 1.76 bits per heavy atom. The predicted molar refractivity (Wildman–Crippen MR) is 141 cm³/mol. The van der Waals surface area contributed by atoms with Crippen LogP contribution in [0.15, 0.2) is 48.0 Å². The Labute approximate surface area is 219 Å². The molecule has 0 spiro atoms. The Morgan fingerprint density at radius 1 is 1.05 bits per heavy atom. The highest BCUT2D eigenvalue weighted by atomic mass is 32.1. The van der Waals surface area contributed by atoms with Gasteiger partial charge in [-0.15, -0.1) is 0 Å². The summed E-state index contributed by atoms with van der Waals surface area (Å²) in [4.78, 5) is 45.1. The van der Waals surface area contributed by atoms with Gasteiger partial charge in [-0.25, -0.2) is 9.78 Å². The van der Waals surface area contributed by atoms with E-state index in [4.69, 9.17) is 9.47 Å². The Morgan fingerprint density at radius 3 is 2.38 bits per heavy atom. The molecule has 1 atom stereocenters. The third-order valence-electron chi connectivity index (χ3n) is 6.04. The molecule has 4 rings (SSSR count). The molecular weight excluding hydrogens is 492 g/mol. The van der Waals surface area contributed by atoms with Crippen LogP contribution in [0.5, 0.6) is 5.75 Å². The molecule has 1 N–H and O–H groups in total. The first-order chi connectivity index (χ1) is 17.7. The number of nitrogens with zero attached hydrogens (tertiary/aromatic N) is 2. The maximum absolute atomic E-state index is 13.4. The van der Waals surface area contributed by atoms with Crippen molar-refractivity contribution in [3.05, 3.63) is 80.9 Å². The molecule has 1 aliphatic rings. The lowest BCUT2D eigenvalue weighted by atomic mass is 9.94. The van der Waals surface area contributed by atoms with Crippen molar-refractivity contribution in [2.24, 2.45) is 0 Å². The second kappa shape index (κ2) is 10.6. The number of amides is 1. The molecular formula is C28H28N2O6S. The zero-order valence-corrected chi connectivity index (χ0v) is 22.1. The van der Waals surface area contributed by atoms with E-state index in [2.05, 4.69) is 4.98 Å². The molecule has 0 unspecified atom stereocenters. The molecule has 0 saturated carbocycles. The van der Waals surface area contributed by atoms with Gasteiger partial charge in [0.25, 0.3) is 5.78 Å². The third kappa shape index (κ3) is 4.86. The van der Waals surface area contributed by atoms with E-state index in [-0.39, 0.29) is 27.9 Å². The first-order valence-electron chi connectivity index (χ1n) is 11.9. The van der Waals surface area contributed by atoms with Crippen LogP contribution in [0.1, 0.15) is 57.5 Å². The van der Waals surface area contributed by atoms with Crippen LogP contribution in [0.4, 0.5) is 5.13 Å². The highest BCUT2D eigenvalue weighted by Crippen LogP contribution is 2.44. The number of ketones is 1. The number of esters is 1. The fourth-order valence-corrected chi connectivity index (χ4v) is 5.22. The number of carbonyl (C=O) groups excluding carboxylic acids is 3. The number of aliphatic hydroxyl groups is 1. The number of thiazole rings is 1. The summed E-state index contributed by atoms with van der Waals surface area (Å²) in [5.41, 5.74) is 3.13. The first-order valence-corrected chi connectivity index (χ1v) is 12.7. The van der Waals surface area contributed by atoms with Crippen molar-refractivity contribution in [2.75, 3.05) is 18.1 Å².